The molecule has 12 heteroatoms. The second-order valence-electron chi connectivity index (χ2n) is 6.89. The van der Waals surface area contributed by atoms with Crippen molar-refractivity contribution in [3.05, 3.63) is 30.2 Å². The van der Waals surface area contributed by atoms with Crippen molar-refractivity contribution in [1.82, 2.24) is 34.8 Å². The molecule has 4 rings (SSSR count). The van der Waals surface area contributed by atoms with E-state index in [0.717, 1.165) is 6.54 Å². The molecular weight excluding hydrogens is 413 g/mol. The first-order valence-corrected chi connectivity index (χ1v) is 9.89. The number of aromatic nitrogens is 6. The van der Waals surface area contributed by atoms with Gasteiger partial charge in [-0.15, -0.1) is 0 Å². The van der Waals surface area contributed by atoms with Gasteiger partial charge in [-0.3, -0.25) is 14.6 Å². The second kappa shape index (κ2) is 8.27. The normalized spacial score (nSPS) is 19.1. The molecule has 1 saturated heterocycles. The van der Waals surface area contributed by atoms with Gasteiger partial charge in [-0.05, 0) is 19.4 Å². The van der Waals surface area contributed by atoms with Crippen molar-refractivity contribution in [3.8, 4) is 0 Å². The maximum atomic E-state index is 14.6. The molecule has 0 aromatic carbocycles. The number of carbonyl (C=O) groups is 1. The van der Waals surface area contributed by atoms with Crippen LogP contribution >= 0.6 is 11.6 Å². The number of hydrogen-bond donors (Lipinski definition) is 3. The predicted molar refractivity (Wildman–Crippen MR) is 112 cm³/mol. The molecule has 0 bridgehead atoms. The predicted octanol–water partition coefficient (Wildman–Crippen LogP) is 2.50. The van der Waals surface area contributed by atoms with Crippen LogP contribution in [-0.4, -0.2) is 66.1 Å². The van der Waals surface area contributed by atoms with Crippen LogP contribution in [0.2, 0.25) is 5.15 Å². The number of aromatic amines is 1. The lowest BCUT2D eigenvalue weighted by Gasteiger charge is -2.35. The smallest absolute Gasteiger partial charge is 0.246 e. The number of piperidine rings is 1. The van der Waals surface area contributed by atoms with Gasteiger partial charge in [0, 0.05) is 25.8 Å². The van der Waals surface area contributed by atoms with Crippen molar-refractivity contribution >= 4 is 46.0 Å². The van der Waals surface area contributed by atoms with Gasteiger partial charge >= 0.3 is 0 Å². The van der Waals surface area contributed by atoms with E-state index in [9.17, 15) is 9.18 Å². The Morgan fingerprint density at radius 3 is 3.07 bits per heavy atom. The van der Waals surface area contributed by atoms with E-state index in [4.69, 9.17) is 11.6 Å². The maximum absolute atomic E-state index is 14.6. The first kappa shape index (κ1) is 20.1. The number of nitrogens with zero attached hydrogens (tertiary/aromatic N) is 6. The Hall–Kier alpha value is -3.21. The van der Waals surface area contributed by atoms with Gasteiger partial charge in [-0.2, -0.15) is 20.2 Å². The highest BCUT2D eigenvalue weighted by atomic mass is 35.5. The van der Waals surface area contributed by atoms with E-state index in [1.807, 2.05) is 13.1 Å². The molecule has 1 fully saturated rings. The van der Waals surface area contributed by atoms with Gasteiger partial charge in [0.25, 0.3) is 0 Å². The number of anilines is 3. The molecule has 3 N–H and O–H groups in total. The van der Waals surface area contributed by atoms with Crippen LogP contribution in [0.25, 0.3) is 11.0 Å². The lowest BCUT2D eigenvalue weighted by atomic mass is 10.0. The molecule has 0 spiro atoms. The number of halogens is 2. The zero-order chi connectivity index (χ0) is 21.3. The van der Waals surface area contributed by atoms with Gasteiger partial charge in [0.1, 0.15) is 17.4 Å². The largest absolute Gasteiger partial charge is 0.362 e. The van der Waals surface area contributed by atoms with Crippen LogP contribution in [0, 0.1) is 0 Å². The number of likely N-dealkylation sites (tertiary alicyclic amines) is 1. The van der Waals surface area contributed by atoms with E-state index in [1.165, 1.54) is 6.08 Å². The Morgan fingerprint density at radius 1 is 1.50 bits per heavy atom. The second-order valence-corrected chi connectivity index (χ2v) is 7.25. The molecule has 4 heterocycles. The summed E-state index contributed by atoms with van der Waals surface area (Å²) >= 11 is 6.20. The van der Waals surface area contributed by atoms with Gasteiger partial charge in [-0.1, -0.05) is 18.2 Å². The van der Waals surface area contributed by atoms with Gasteiger partial charge in [0.15, 0.2) is 10.8 Å². The lowest BCUT2D eigenvalue weighted by Crippen LogP contribution is -2.50. The SMILES string of the molecule is C=CC(=O)N1CC[C@@H](F)[C@@H](Nc2nc(Nc3cnn(CC)c3)nc3[nH]nc(Cl)c23)C1. The lowest BCUT2D eigenvalue weighted by molar-refractivity contribution is -0.127. The number of rotatable bonds is 6. The van der Waals surface area contributed by atoms with Gasteiger partial charge in [-0.25, -0.2) is 4.39 Å². The zero-order valence-electron chi connectivity index (χ0n) is 16.3. The topological polar surface area (TPSA) is 117 Å². The highest BCUT2D eigenvalue weighted by molar-refractivity contribution is 6.35. The highest BCUT2D eigenvalue weighted by Gasteiger charge is 2.32. The molecule has 1 aliphatic heterocycles. The number of hydrogen-bond acceptors (Lipinski definition) is 7. The molecule has 0 unspecified atom stereocenters. The van der Waals surface area contributed by atoms with Crippen LogP contribution in [-0.2, 0) is 11.3 Å². The van der Waals surface area contributed by atoms with Gasteiger partial charge < -0.3 is 15.5 Å². The minimum atomic E-state index is -1.16. The average Bonchev–Trinajstić information content (AvgIpc) is 3.35. The molecule has 30 heavy (non-hydrogen) atoms. The molecule has 3 aromatic heterocycles. The van der Waals surface area contributed by atoms with Crippen LogP contribution in [0.1, 0.15) is 13.3 Å². The van der Waals surface area contributed by atoms with Crippen LogP contribution in [0.3, 0.4) is 0 Å². The van der Waals surface area contributed by atoms with E-state index in [1.54, 1.807) is 15.8 Å². The quantitative estimate of drug-likeness (QED) is 0.511. The molecule has 3 aromatic rings. The van der Waals surface area contributed by atoms with E-state index in [-0.39, 0.29) is 30.0 Å². The molecule has 2 atom stereocenters. The van der Waals surface area contributed by atoms with Crippen LogP contribution in [0.4, 0.5) is 21.8 Å². The summed E-state index contributed by atoms with van der Waals surface area (Å²) in [6.07, 6.45) is 3.75. The molecule has 10 nitrogen and oxygen atoms in total. The summed E-state index contributed by atoms with van der Waals surface area (Å²) in [6, 6.07) is -0.664. The standard InChI is InChI=1S/C18H21ClFN9O/c1-3-13(30)28-6-5-11(20)12(9-28)23-16-14-15(19)26-27-17(14)25-18(24-16)22-10-7-21-29(4-2)8-10/h3,7-8,11-12H,1,4-6,9H2,2H3,(H3,22,23,24,25,26,27)/t11-,12+/m1/s1. The summed E-state index contributed by atoms with van der Waals surface area (Å²) in [5, 5.41) is 17.7. The van der Waals surface area contributed by atoms with E-state index >= 15 is 0 Å². The number of aryl methyl sites for hydroxylation is 1. The van der Waals surface area contributed by atoms with Gasteiger partial charge in [0.05, 0.1) is 17.9 Å². The van der Waals surface area contributed by atoms with E-state index in [0.29, 0.717) is 29.1 Å². The third-order valence-electron chi connectivity index (χ3n) is 4.93. The number of nitrogens with one attached hydrogen (secondary N) is 3. The fraction of sp³-hybridized carbons (Fsp3) is 0.389. The summed E-state index contributed by atoms with van der Waals surface area (Å²) in [5.74, 6) is 0.356. The first-order chi connectivity index (χ1) is 14.5. The molecule has 0 radical (unpaired) electrons. The van der Waals surface area contributed by atoms with Crippen molar-refractivity contribution in [3.63, 3.8) is 0 Å². The maximum Gasteiger partial charge on any atom is 0.246 e. The fourth-order valence-electron chi connectivity index (χ4n) is 3.35. The van der Waals surface area contributed by atoms with Crippen LogP contribution < -0.4 is 10.6 Å². The summed E-state index contributed by atoms with van der Waals surface area (Å²) in [4.78, 5) is 22.4. The van der Waals surface area contributed by atoms with E-state index < -0.39 is 12.2 Å². The molecule has 1 amide bonds. The van der Waals surface area contributed by atoms with Crippen LogP contribution in [0.5, 0.6) is 0 Å². The Labute approximate surface area is 176 Å². The Balaban J connectivity index is 1.64. The van der Waals surface area contributed by atoms with Crippen molar-refractivity contribution in [2.75, 3.05) is 23.7 Å². The zero-order valence-corrected chi connectivity index (χ0v) is 17.0. The molecule has 1 aliphatic rings. The first-order valence-electron chi connectivity index (χ1n) is 9.51. The van der Waals surface area contributed by atoms with Crippen molar-refractivity contribution in [2.24, 2.45) is 0 Å². The fourth-order valence-corrected chi connectivity index (χ4v) is 3.57. The Bertz CT molecular complexity index is 1080. The molecule has 158 valence electrons. The van der Waals surface area contributed by atoms with Crippen molar-refractivity contribution < 1.29 is 9.18 Å². The summed E-state index contributed by atoms with van der Waals surface area (Å²) in [7, 11) is 0. The average molecular weight is 434 g/mol. The summed E-state index contributed by atoms with van der Waals surface area (Å²) < 4.78 is 16.4. The van der Waals surface area contributed by atoms with Crippen molar-refractivity contribution in [1.29, 1.82) is 0 Å². The van der Waals surface area contributed by atoms with Gasteiger partial charge in [0.2, 0.25) is 11.9 Å². The Morgan fingerprint density at radius 2 is 2.33 bits per heavy atom. The minimum Gasteiger partial charge on any atom is -0.362 e. The number of amides is 1. The monoisotopic (exact) mass is 433 g/mol. The Kier molecular flexibility index (Phi) is 5.53. The third kappa shape index (κ3) is 3.92. The van der Waals surface area contributed by atoms with Crippen molar-refractivity contribution in [2.45, 2.75) is 32.1 Å². The number of fused-ring (bicyclic) bond motifs is 1. The minimum absolute atomic E-state index is 0.170. The number of alkyl halides is 1. The van der Waals surface area contributed by atoms with Crippen LogP contribution in [0.15, 0.2) is 25.0 Å². The number of H-pyrrole nitrogens is 1. The number of carbonyl (C=O) groups excluding carboxylic acids is 1. The molecular formula is C18H21ClFN9O. The summed E-state index contributed by atoms with van der Waals surface area (Å²) in [5.41, 5.74) is 1.10. The molecule has 0 saturated carbocycles. The third-order valence-corrected chi connectivity index (χ3v) is 5.20. The highest BCUT2D eigenvalue weighted by Crippen LogP contribution is 2.30. The molecule has 0 aliphatic carbocycles. The van der Waals surface area contributed by atoms with E-state index in [2.05, 4.69) is 42.5 Å². The summed E-state index contributed by atoms with van der Waals surface area (Å²) in [6.45, 7) is 6.72.